The molecule has 30 heavy (non-hydrogen) atoms. The maximum Gasteiger partial charge on any atom is 0.283 e. The zero-order valence-corrected chi connectivity index (χ0v) is 16.7. The monoisotopic (exact) mass is 420 g/mol. The van der Waals surface area contributed by atoms with Crippen molar-refractivity contribution in [3.63, 3.8) is 0 Å². The number of benzene rings is 2. The van der Waals surface area contributed by atoms with Crippen molar-refractivity contribution in [2.24, 2.45) is 10.1 Å². The Kier molecular flexibility index (Phi) is 4.51. The van der Waals surface area contributed by atoms with E-state index in [9.17, 15) is 4.79 Å². The van der Waals surface area contributed by atoms with Gasteiger partial charge >= 0.3 is 0 Å². The zero-order valence-electron chi connectivity index (χ0n) is 15.9. The molecule has 2 aromatic carbocycles. The van der Waals surface area contributed by atoms with E-state index in [4.69, 9.17) is 19.6 Å². The minimum absolute atomic E-state index is 0.0271. The number of amides is 1. The minimum atomic E-state index is -0.479. The van der Waals surface area contributed by atoms with Gasteiger partial charge < -0.3 is 14.2 Å². The van der Waals surface area contributed by atoms with E-state index in [0.717, 1.165) is 11.3 Å². The lowest BCUT2D eigenvalue weighted by Gasteiger charge is -2.20. The molecule has 2 aromatic rings. The first kappa shape index (κ1) is 18.4. The van der Waals surface area contributed by atoms with Gasteiger partial charge in [0.1, 0.15) is 17.4 Å². The number of hydrazone groups is 1. The van der Waals surface area contributed by atoms with Crippen molar-refractivity contribution in [1.82, 2.24) is 5.01 Å². The maximum atomic E-state index is 12.5. The predicted molar refractivity (Wildman–Crippen MR) is 114 cm³/mol. The van der Waals surface area contributed by atoms with Crippen LogP contribution >= 0.6 is 11.8 Å². The van der Waals surface area contributed by atoms with Crippen molar-refractivity contribution < 1.29 is 19.0 Å². The third-order valence-electron chi connectivity index (χ3n) is 4.56. The third-order valence-corrected chi connectivity index (χ3v) is 5.44. The number of aryl methyl sites for hydroxylation is 1. The first-order valence-corrected chi connectivity index (χ1v) is 9.97. The Morgan fingerprint density at radius 3 is 2.97 bits per heavy atom. The fourth-order valence-electron chi connectivity index (χ4n) is 3.11. The van der Waals surface area contributed by atoms with Crippen molar-refractivity contribution >= 4 is 39.8 Å². The molecule has 0 fully saturated rings. The number of nitrogens with zero attached hydrogens (tertiary/aromatic N) is 3. The van der Waals surface area contributed by atoms with E-state index in [-0.39, 0.29) is 24.8 Å². The topological polar surface area (TPSA) is 96.6 Å². The quantitative estimate of drug-likeness (QED) is 0.762. The maximum absolute atomic E-state index is 12.5. The largest absolute Gasteiger partial charge is 0.487 e. The SMILES string of the molecule is Cc1cccc(OCC2=NN3C(=N)/C(=C\c4ccc5c(c4)OCO5)C(=O)N=C3S2)c1. The van der Waals surface area contributed by atoms with Crippen LogP contribution in [0.25, 0.3) is 6.08 Å². The number of rotatable bonds is 4. The van der Waals surface area contributed by atoms with E-state index < -0.39 is 5.91 Å². The van der Waals surface area contributed by atoms with Crippen molar-refractivity contribution in [3.05, 3.63) is 59.2 Å². The highest BCUT2D eigenvalue weighted by atomic mass is 32.2. The lowest BCUT2D eigenvalue weighted by atomic mass is 10.1. The van der Waals surface area contributed by atoms with Gasteiger partial charge in [0.05, 0.1) is 5.57 Å². The molecule has 1 amide bonds. The molecule has 0 aromatic heterocycles. The lowest BCUT2D eigenvalue weighted by Crippen LogP contribution is -2.35. The first-order valence-electron chi connectivity index (χ1n) is 9.15. The molecule has 3 aliphatic heterocycles. The molecule has 1 N–H and O–H groups in total. The summed E-state index contributed by atoms with van der Waals surface area (Å²) in [4.78, 5) is 16.6. The van der Waals surface area contributed by atoms with E-state index >= 15 is 0 Å². The van der Waals surface area contributed by atoms with Crippen LogP contribution < -0.4 is 14.2 Å². The van der Waals surface area contributed by atoms with Crippen molar-refractivity contribution in [2.45, 2.75) is 6.92 Å². The van der Waals surface area contributed by atoms with Crippen molar-refractivity contribution in [1.29, 1.82) is 5.41 Å². The Hall–Kier alpha value is -3.59. The number of hydrogen-bond donors (Lipinski definition) is 1. The Bertz CT molecular complexity index is 1170. The van der Waals surface area contributed by atoms with Crippen LogP contribution in [0.4, 0.5) is 0 Å². The van der Waals surface area contributed by atoms with Crippen LogP contribution in [-0.4, -0.2) is 40.4 Å². The number of ether oxygens (including phenoxy) is 3. The molecule has 0 radical (unpaired) electrons. The van der Waals surface area contributed by atoms with Crippen molar-refractivity contribution in [2.75, 3.05) is 13.4 Å². The van der Waals surface area contributed by atoms with E-state index in [1.165, 1.54) is 16.8 Å². The van der Waals surface area contributed by atoms with Crippen molar-refractivity contribution in [3.8, 4) is 17.2 Å². The van der Waals surface area contributed by atoms with Crippen LogP contribution in [0.2, 0.25) is 0 Å². The summed E-state index contributed by atoms with van der Waals surface area (Å²) >= 11 is 1.23. The van der Waals surface area contributed by atoms with Gasteiger partial charge in [0, 0.05) is 0 Å². The summed E-state index contributed by atoms with van der Waals surface area (Å²) in [5, 5.41) is 15.2. The molecule has 0 spiro atoms. The van der Waals surface area contributed by atoms with E-state index in [1.807, 2.05) is 31.2 Å². The molecule has 0 aliphatic carbocycles. The second kappa shape index (κ2) is 7.34. The highest BCUT2D eigenvalue weighted by Gasteiger charge is 2.35. The minimum Gasteiger partial charge on any atom is -0.487 e. The van der Waals surface area contributed by atoms with E-state index in [0.29, 0.717) is 27.3 Å². The number of hydrogen-bond acceptors (Lipinski definition) is 7. The van der Waals surface area contributed by atoms with Gasteiger partial charge in [0.2, 0.25) is 12.0 Å². The summed E-state index contributed by atoms with van der Waals surface area (Å²) in [5.41, 5.74) is 1.97. The summed E-state index contributed by atoms with van der Waals surface area (Å²) < 4.78 is 16.4. The summed E-state index contributed by atoms with van der Waals surface area (Å²) in [7, 11) is 0. The van der Waals surface area contributed by atoms with Crippen LogP contribution in [0, 0.1) is 12.3 Å². The number of aliphatic imine (C=N–C) groups is 1. The molecule has 8 nitrogen and oxygen atoms in total. The first-order chi connectivity index (χ1) is 14.6. The molecule has 0 bridgehead atoms. The number of carbonyl (C=O) groups excluding carboxylic acids is 1. The second-order valence-electron chi connectivity index (χ2n) is 6.73. The molecule has 9 heteroatoms. The Labute approximate surface area is 176 Å². The highest BCUT2D eigenvalue weighted by molar-refractivity contribution is 8.27. The number of fused-ring (bicyclic) bond motifs is 2. The second-order valence-corrected chi connectivity index (χ2v) is 7.77. The normalized spacial score (nSPS) is 18.4. The molecular weight excluding hydrogens is 404 g/mol. The Balaban J connectivity index is 1.35. The molecule has 0 unspecified atom stereocenters. The fraction of sp³-hybridized carbons (Fsp3) is 0.143. The molecule has 5 rings (SSSR count). The average molecular weight is 420 g/mol. The standard InChI is InChI=1S/C21H16N4O4S/c1-12-3-2-4-14(7-12)27-10-18-24-25-19(22)15(20(26)23-21(25)30-18)8-13-5-6-16-17(9-13)29-11-28-16/h2-9,22H,10-11H2,1H3/b15-8+,22-19?. The van der Waals surface area contributed by atoms with Gasteiger partial charge in [0.25, 0.3) is 5.91 Å². The highest BCUT2D eigenvalue weighted by Crippen LogP contribution is 2.34. The number of amidine groups is 2. The Morgan fingerprint density at radius 2 is 2.10 bits per heavy atom. The van der Waals surface area contributed by atoms with Crippen LogP contribution in [0.1, 0.15) is 11.1 Å². The summed E-state index contributed by atoms with van der Waals surface area (Å²) in [5.74, 6) is 1.49. The van der Waals surface area contributed by atoms with Gasteiger partial charge in [-0.3, -0.25) is 10.2 Å². The molecular formula is C21H16N4O4S. The van der Waals surface area contributed by atoms with E-state index in [1.54, 1.807) is 24.3 Å². The van der Waals surface area contributed by atoms with Gasteiger partial charge in [-0.15, -0.1) is 0 Å². The van der Waals surface area contributed by atoms with Gasteiger partial charge in [-0.2, -0.15) is 15.1 Å². The molecule has 3 aliphatic rings. The third kappa shape index (κ3) is 3.43. The Morgan fingerprint density at radius 1 is 1.23 bits per heavy atom. The summed E-state index contributed by atoms with van der Waals surface area (Å²) in [6, 6.07) is 13.0. The average Bonchev–Trinajstić information content (AvgIpc) is 3.36. The van der Waals surface area contributed by atoms with Crippen LogP contribution in [0.15, 0.2) is 58.1 Å². The van der Waals surface area contributed by atoms with Gasteiger partial charge in [-0.05, 0) is 60.2 Å². The number of nitrogens with one attached hydrogen (secondary N) is 1. The smallest absolute Gasteiger partial charge is 0.283 e. The number of thioether (sulfide) groups is 1. The molecule has 0 atom stereocenters. The predicted octanol–water partition coefficient (Wildman–Crippen LogP) is 3.42. The number of carbonyl (C=O) groups is 1. The van der Waals surface area contributed by atoms with Gasteiger partial charge in [0.15, 0.2) is 17.3 Å². The molecule has 150 valence electrons. The van der Waals surface area contributed by atoms with Crippen LogP contribution in [-0.2, 0) is 4.79 Å². The molecule has 0 saturated carbocycles. The zero-order chi connectivity index (χ0) is 20.7. The van der Waals surface area contributed by atoms with Crippen LogP contribution in [0.5, 0.6) is 17.2 Å². The molecule has 0 saturated heterocycles. The van der Waals surface area contributed by atoms with Gasteiger partial charge in [-0.25, -0.2) is 0 Å². The summed E-state index contributed by atoms with van der Waals surface area (Å²) in [6.45, 7) is 2.39. The summed E-state index contributed by atoms with van der Waals surface area (Å²) in [6.07, 6.45) is 1.61. The molecule has 3 heterocycles. The van der Waals surface area contributed by atoms with Gasteiger partial charge in [-0.1, -0.05) is 18.2 Å². The lowest BCUT2D eigenvalue weighted by molar-refractivity contribution is -0.114. The fourth-order valence-corrected chi connectivity index (χ4v) is 3.91. The van der Waals surface area contributed by atoms with Crippen LogP contribution in [0.3, 0.4) is 0 Å². The van der Waals surface area contributed by atoms with E-state index in [2.05, 4.69) is 10.1 Å².